The Morgan fingerprint density at radius 2 is 2.30 bits per heavy atom. The van der Waals surface area contributed by atoms with Crippen molar-refractivity contribution in [3.63, 3.8) is 0 Å². The summed E-state index contributed by atoms with van der Waals surface area (Å²) in [4.78, 5) is 4.43. The molecule has 2 heterocycles. The Hall–Kier alpha value is -1.01. The van der Waals surface area contributed by atoms with E-state index in [1.165, 1.54) is 0 Å². The molecule has 1 aromatic heterocycles. The number of ether oxygens (including phenoxy) is 1. The molecule has 3 rings (SSSR count). The van der Waals surface area contributed by atoms with E-state index < -0.39 is 11.5 Å². The minimum Gasteiger partial charge on any atom is -0.388 e. The van der Waals surface area contributed by atoms with E-state index in [2.05, 4.69) is 20.9 Å². The number of fused-ring (bicyclic) bond motifs is 1. The molecule has 3 N–H and O–H groups in total. The lowest BCUT2D eigenvalue weighted by Crippen LogP contribution is -2.37. The van der Waals surface area contributed by atoms with Crippen molar-refractivity contribution in [2.75, 3.05) is 19.8 Å². The molecule has 4 nitrogen and oxygen atoms in total. The van der Waals surface area contributed by atoms with Gasteiger partial charge in [-0.1, -0.05) is 28.1 Å². The predicted octanol–water partition coefficient (Wildman–Crippen LogP) is 2.40. The molecule has 0 bridgehead atoms. The minimum absolute atomic E-state index is 0.401. The van der Waals surface area contributed by atoms with Crippen LogP contribution in [0.5, 0.6) is 0 Å². The van der Waals surface area contributed by atoms with Gasteiger partial charge in [-0.15, -0.1) is 0 Å². The Morgan fingerprint density at radius 1 is 1.45 bits per heavy atom. The number of aromatic nitrogens is 1. The molecule has 0 amide bonds. The van der Waals surface area contributed by atoms with Crippen molar-refractivity contribution in [1.29, 1.82) is 0 Å². The highest BCUT2D eigenvalue weighted by atomic mass is 79.9. The summed E-state index contributed by atoms with van der Waals surface area (Å²) in [5, 5.41) is 11.8. The van der Waals surface area contributed by atoms with Gasteiger partial charge in [0.2, 0.25) is 0 Å². The molecule has 1 aliphatic heterocycles. The molecule has 1 aliphatic rings. The minimum atomic E-state index is -0.666. The van der Waals surface area contributed by atoms with Crippen LogP contribution in [-0.4, -0.2) is 29.8 Å². The Kier molecular flexibility index (Phi) is 3.77. The van der Waals surface area contributed by atoms with Crippen molar-refractivity contribution in [2.24, 2.45) is 11.1 Å². The van der Waals surface area contributed by atoms with Crippen LogP contribution in [0.2, 0.25) is 0 Å². The fourth-order valence-electron chi connectivity index (χ4n) is 2.82. The van der Waals surface area contributed by atoms with E-state index in [4.69, 9.17) is 10.5 Å². The zero-order chi connectivity index (χ0) is 14.2. The van der Waals surface area contributed by atoms with Gasteiger partial charge in [-0.3, -0.25) is 4.98 Å². The van der Waals surface area contributed by atoms with Gasteiger partial charge in [0, 0.05) is 40.2 Å². The van der Waals surface area contributed by atoms with E-state index in [1.807, 2.05) is 24.3 Å². The highest BCUT2D eigenvalue weighted by molar-refractivity contribution is 9.10. The molecule has 1 aromatic carbocycles. The fraction of sp³-hybridized carbons (Fsp3) is 0.400. The van der Waals surface area contributed by atoms with E-state index in [9.17, 15) is 5.11 Å². The third kappa shape index (κ3) is 2.15. The van der Waals surface area contributed by atoms with E-state index in [0.29, 0.717) is 19.8 Å². The topological polar surface area (TPSA) is 68.4 Å². The van der Waals surface area contributed by atoms with Crippen molar-refractivity contribution >= 4 is 26.8 Å². The zero-order valence-corrected chi connectivity index (χ0v) is 12.6. The van der Waals surface area contributed by atoms with Crippen molar-refractivity contribution in [3.8, 4) is 0 Å². The number of hydrogen-bond donors (Lipinski definition) is 2. The molecule has 106 valence electrons. The molecule has 0 radical (unpaired) electrons. The molecule has 2 atom stereocenters. The zero-order valence-electron chi connectivity index (χ0n) is 11.1. The quantitative estimate of drug-likeness (QED) is 0.902. The summed E-state index contributed by atoms with van der Waals surface area (Å²) in [5.41, 5.74) is 7.14. The number of hydrogen-bond acceptors (Lipinski definition) is 4. The van der Waals surface area contributed by atoms with E-state index in [-0.39, 0.29) is 0 Å². The SMILES string of the molecule is NCC1(C(O)c2ccc(Br)c3cccnc23)CCOC1. The van der Waals surface area contributed by atoms with Crippen molar-refractivity contribution in [3.05, 3.63) is 40.5 Å². The van der Waals surface area contributed by atoms with Gasteiger partial charge in [-0.05, 0) is 18.6 Å². The molecular weight excluding hydrogens is 320 g/mol. The molecule has 5 heteroatoms. The number of benzene rings is 1. The Balaban J connectivity index is 2.12. The molecule has 0 aliphatic carbocycles. The smallest absolute Gasteiger partial charge is 0.0902 e. The molecule has 0 saturated carbocycles. The average molecular weight is 337 g/mol. The normalized spacial score (nSPS) is 24.1. The van der Waals surface area contributed by atoms with Crippen LogP contribution in [0.1, 0.15) is 18.1 Å². The molecular formula is C15H17BrN2O2. The first-order valence-corrected chi connectivity index (χ1v) is 7.46. The van der Waals surface area contributed by atoms with E-state index in [0.717, 1.165) is 27.4 Å². The third-order valence-electron chi connectivity index (χ3n) is 4.16. The van der Waals surface area contributed by atoms with Crippen LogP contribution in [0.25, 0.3) is 10.9 Å². The molecule has 1 saturated heterocycles. The summed E-state index contributed by atoms with van der Waals surface area (Å²) < 4.78 is 6.43. The number of pyridine rings is 1. The molecule has 2 aromatic rings. The largest absolute Gasteiger partial charge is 0.388 e. The highest BCUT2D eigenvalue weighted by Gasteiger charge is 2.42. The van der Waals surface area contributed by atoms with Gasteiger partial charge in [0.25, 0.3) is 0 Å². The van der Waals surface area contributed by atoms with Gasteiger partial charge in [0.1, 0.15) is 0 Å². The van der Waals surface area contributed by atoms with Gasteiger partial charge in [-0.25, -0.2) is 0 Å². The second-order valence-corrected chi connectivity index (χ2v) is 6.16. The summed E-state index contributed by atoms with van der Waals surface area (Å²) in [6.07, 6.45) is 1.85. The van der Waals surface area contributed by atoms with Gasteiger partial charge in [0.05, 0.1) is 18.2 Å². The van der Waals surface area contributed by atoms with Gasteiger partial charge in [-0.2, -0.15) is 0 Å². The second-order valence-electron chi connectivity index (χ2n) is 5.31. The first kappa shape index (κ1) is 13.9. The third-order valence-corrected chi connectivity index (χ3v) is 4.85. The Labute approximate surface area is 126 Å². The predicted molar refractivity (Wildman–Crippen MR) is 81.3 cm³/mol. The monoisotopic (exact) mass is 336 g/mol. The number of aliphatic hydroxyl groups excluding tert-OH is 1. The first-order chi connectivity index (χ1) is 9.68. The van der Waals surface area contributed by atoms with Crippen molar-refractivity contribution < 1.29 is 9.84 Å². The summed E-state index contributed by atoms with van der Waals surface area (Å²) >= 11 is 3.52. The first-order valence-electron chi connectivity index (χ1n) is 6.67. The van der Waals surface area contributed by atoms with Crippen LogP contribution in [0.15, 0.2) is 34.9 Å². The summed E-state index contributed by atoms with van der Waals surface area (Å²) in [6, 6.07) is 7.74. The average Bonchev–Trinajstić information content (AvgIpc) is 2.97. The number of halogens is 1. The summed E-state index contributed by atoms with van der Waals surface area (Å²) in [7, 11) is 0. The van der Waals surface area contributed by atoms with Crippen LogP contribution in [-0.2, 0) is 4.74 Å². The van der Waals surface area contributed by atoms with Gasteiger partial charge >= 0.3 is 0 Å². The Bertz CT molecular complexity index is 626. The van der Waals surface area contributed by atoms with Crippen LogP contribution in [0.4, 0.5) is 0 Å². The Morgan fingerprint density at radius 3 is 3.00 bits per heavy atom. The number of rotatable bonds is 3. The van der Waals surface area contributed by atoms with Crippen LogP contribution >= 0.6 is 15.9 Å². The summed E-state index contributed by atoms with van der Waals surface area (Å²) in [5.74, 6) is 0. The molecule has 20 heavy (non-hydrogen) atoms. The van der Waals surface area contributed by atoms with Gasteiger partial charge < -0.3 is 15.6 Å². The maximum Gasteiger partial charge on any atom is 0.0902 e. The number of nitrogens with two attached hydrogens (primary N) is 1. The maximum absolute atomic E-state index is 10.8. The molecule has 1 fully saturated rings. The van der Waals surface area contributed by atoms with Crippen molar-refractivity contribution in [1.82, 2.24) is 4.98 Å². The fourth-order valence-corrected chi connectivity index (χ4v) is 3.27. The van der Waals surface area contributed by atoms with Crippen LogP contribution < -0.4 is 5.73 Å². The number of nitrogens with zero attached hydrogens (tertiary/aromatic N) is 1. The molecule has 2 unspecified atom stereocenters. The van der Waals surface area contributed by atoms with Crippen LogP contribution in [0, 0.1) is 5.41 Å². The van der Waals surface area contributed by atoms with Crippen LogP contribution in [0.3, 0.4) is 0 Å². The lowest BCUT2D eigenvalue weighted by atomic mass is 9.78. The standard InChI is InChI=1S/C15H17BrN2O2/c16-12-4-3-11(13-10(12)2-1-6-18-13)14(19)15(8-17)5-7-20-9-15/h1-4,6,14,19H,5,7-9,17H2. The van der Waals surface area contributed by atoms with E-state index >= 15 is 0 Å². The van der Waals surface area contributed by atoms with Gasteiger partial charge in [0.15, 0.2) is 0 Å². The number of aliphatic hydroxyl groups is 1. The van der Waals surface area contributed by atoms with Crippen molar-refractivity contribution in [2.45, 2.75) is 12.5 Å². The molecule has 0 spiro atoms. The maximum atomic E-state index is 10.8. The van der Waals surface area contributed by atoms with E-state index in [1.54, 1.807) is 6.20 Å². The lowest BCUT2D eigenvalue weighted by molar-refractivity contribution is 0.0199. The highest BCUT2D eigenvalue weighted by Crippen LogP contribution is 2.42. The lowest BCUT2D eigenvalue weighted by Gasteiger charge is -2.32. The second kappa shape index (κ2) is 5.41. The summed E-state index contributed by atoms with van der Waals surface area (Å²) in [6.45, 7) is 1.55.